The summed E-state index contributed by atoms with van der Waals surface area (Å²) in [4.78, 5) is 0. The van der Waals surface area contributed by atoms with Crippen molar-refractivity contribution in [2.45, 2.75) is 20.8 Å². The second kappa shape index (κ2) is 5.72. The summed E-state index contributed by atoms with van der Waals surface area (Å²) in [5.41, 5.74) is 2.45. The number of hydrogen-bond acceptors (Lipinski definition) is 0. The zero-order valence-corrected chi connectivity index (χ0v) is 8.57. The van der Waals surface area contributed by atoms with Gasteiger partial charge in [-0.15, -0.1) is 6.92 Å². The minimum atomic E-state index is 0. The predicted molar refractivity (Wildman–Crippen MR) is 32.9 cm³/mol. The van der Waals surface area contributed by atoms with Crippen LogP contribution in [0.25, 0.3) is 0 Å². The molecule has 1 radical (unpaired) electrons. The van der Waals surface area contributed by atoms with Crippen LogP contribution >= 0.6 is 0 Å². The van der Waals surface area contributed by atoms with Crippen molar-refractivity contribution < 1.29 is 32.7 Å². The van der Waals surface area contributed by atoms with E-state index in [4.69, 9.17) is 6.58 Å². The fourth-order valence-corrected chi connectivity index (χ4v) is 0.167. The fourth-order valence-electron chi connectivity index (χ4n) is 0.167. The molecule has 0 saturated heterocycles. The van der Waals surface area contributed by atoms with E-state index >= 15 is 0 Å². The van der Waals surface area contributed by atoms with E-state index in [-0.39, 0.29) is 32.7 Å². The van der Waals surface area contributed by atoms with Crippen LogP contribution in [0.1, 0.15) is 20.8 Å². The largest absolute Gasteiger partial charge is 0.293 e. The van der Waals surface area contributed by atoms with Crippen LogP contribution in [-0.2, 0) is 32.7 Å². The van der Waals surface area contributed by atoms with Crippen molar-refractivity contribution >= 4 is 0 Å². The van der Waals surface area contributed by atoms with Crippen LogP contribution in [0.15, 0.2) is 17.2 Å². The molecule has 0 amide bonds. The molecular weight excluding hydrogens is 173 g/mol. The maximum absolute atomic E-state index is 5.19. The van der Waals surface area contributed by atoms with Gasteiger partial charge in [-0.1, -0.05) is 13.8 Å². The summed E-state index contributed by atoms with van der Waals surface area (Å²) in [6, 6.07) is 0. The molecule has 8 heavy (non-hydrogen) atoms. The quantitative estimate of drug-likeness (QED) is 0.433. The van der Waals surface area contributed by atoms with Gasteiger partial charge in [0.05, 0.1) is 0 Å². The molecule has 1 heteroatoms. The van der Waals surface area contributed by atoms with Crippen molar-refractivity contribution in [2.75, 3.05) is 0 Å². The maximum Gasteiger partial charge on any atom is 0 e. The molecule has 0 fully saturated rings. The van der Waals surface area contributed by atoms with Crippen LogP contribution in [0, 0.1) is 6.58 Å². The fraction of sp³-hybridized carbons (Fsp3) is 0.429. The zero-order valence-electron chi connectivity index (χ0n) is 5.73. The van der Waals surface area contributed by atoms with E-state index in [1.165, 1.54) is 11.1 Å². The predicted octanol–water partition coefficient (Wildman–Crippen LogP) is 2.33. The van der Waals surface area contributed by atoms with Crippen LogP contribution in [-0.4, -0.2) is 0 Å². The van der Waals surface area contributed by atoms with Gasteiger partial charge in [0.25, 0.3) is 0 Å². The van der Waals surface area contributed by atoms with Crippen molar-refractivity contribution in [3.05, 3.63) is 23.8 Å². The molecule has 0 aliphatic carbocycles. The second-order valence-electron chi connectivity index (χ2n) is 1.85. The Hall–Kier alpha value is 0.584. The van der Waals surface area contributed by atoms with Crippen molar-refractivity contribution in [3.8, 4) is 0 Å². The molecule has 0 heterocycles. The van der Waals surface area contributed by atoms with E-state index in [0.29, 0.717) is 0 Å². The molecule has 0 aromatic rings. The molecule has 0 aromatic heterocycles. The van der Waals surface area contributed by atoms with Crippen LogP contribution in [0.4, 0.5) is 0 Å². The molecule has 0 N–H and O–H groups in total. The van der Waals surface area contributed by atoms with Crippen molar-refractivity contribution in [3.63, 3.8) is 0 Å². The topological polar surface area (TPSA) is 0 Å². The normalized spacial score (nSPS) is 6.88. The summed E-state index contributed by atoms with van der Waals surface area (Å²) in [5, 5.41) is 0. The third kappa shape index (κ3) is 4.74. The first kappa shape index (κ1) is 11.4. The maximum atomic E-state index is 5.19. The van der Waals surface area contributed by atoms with E-state index < -0.39 is 0 Å². The summed E-state index contributed by atoms with van der Waals surface area (Å²) in [6.07, 6.45) is 1.62. The van der Waals surface area contributed by atoms with Gasteiger partial charge in [0, 0.05) is 32.7 Å². The molecule has 0 bridgehead atoms. The summed E-state index contributed by atoms with van der Waals surface area (Å²) in [7, 11) is 0. The van der Waals surface area contributed by atoms with Gasteiger partial charge in [-0.05, 0) is 0 Å². The van der Waals surface area contributed by atoms with E-state index in [9.17, 15) is 0 Å². The Labute approximate surface area is 76.9 Å². The molecule has 0 nitrogen and oxygen atoms in total. The Balaban J connectivity index is 0. The molecule has 0 aromatic carbocycles. The van der Waals surface area contributed by atoms with Crippen LogP contribution in [0.2, 0.25) is 0 Å². The Kier molecular flexibility index (Phi) is 8.14. The first-order valence-corrected chi connectivity index (χ1v) is 2.37. The summed E-state index contributed by atoms with van der Waals surface area (Å²) < 4.78 is 0. The van der Waals surface area contributed by atoms with Gasteiger partial charge >= 0.3 is 0 Å². The Morgan fingerprint density at radius 3 is 1.62 bits per heavy atom. The molecule has 0 atom stereocenters. The molecule has 0 saturated carbocycles. The zero-order chi connectivity index (χ0) is 5.86. The first-order chi connectivity index (χ1) is 3.18. The average molecular weight is 184 g/mol. The number of allylic oxidation sites excluding steroid dienone is 3. The van der Waals surface area contributed by atoms with Gasteiger partial charge in [0.2, 0.25) is 0 Å². The third-order valence-electron chi connectivity index (χ3n) is 1.04. The van der Waals surface area contributed by atoms with Crippen molar-refractivity contribution in [1.29, 1.82) is 0 Å². The smallest absolute Gasteiger partial charge is 0 e. The molecule has 0 spiro atoms. The summed E-state index contributed by atoms with van der Waals surface area (Å²) in [6.45, 7) is 11.3. The Morgan fingerprint density at radius 2 is 1.62 bits per heavy atom. The van der Waals surface area contributed by atoms with Crippen molar-refractivity contribution in [1.82, 2.24) is 0 Å². The van der Waals surface area contributed by atoms with Gasteiger partial charge in [-0.25, -0.2) is 11.6 Å². The number of hydrogen-bond donors (Lipinski definition) is 0. The standard InChI is InChI=1S/C7H11.Y/c1-5-7(4)6(2)3;/h1,5H,2-4H3;/q-1;. The SMILES string of the molecule is [CH-]=CC(C)=C(C)C.[Y]. The molecule has 0 unspecified atom stereocenters. The molecule has 43 valence electrons. The monoisotopic (exact) mass is 184 g/mol. The molecule has 0 aliphatic heterocycles. The Morgan fingerprint density at radius 1 is 1.25 bits per heavy atom. The second-order valence-corrected chi connectivity index (χ2v) is 1.85. The number of rotatable bonds is 1. The van der Waals surface area contributed by atoms with Crippen LogP contribution in [0.5, 0.6) is 0 Å². The van der Waals surface area contributed by atoms with E-state index in [0.717, 1.165) is 0 Å². The molecular formula is C7H11Y-. The van der Waals surface area contributed by atoms with Crippen LogP contribution < -0.4 is 0 Å². The minimum absolute atomic E-state index is 0. The summed E-state index contributed by atoms with van der Waals surface area (Å²) >= 11 is 0. The van der Waals surface area contributed by atoms with Gasteiger partial charge in [-0.3, -0.25) is 6.58 Å². The van der Waals surface area contributed by atoms with E-state index in [1.807, 2.05) is 20.8 Å². The molecule has 0 rings (SSSR count). The summed E-state index contributed by atoms with van der Waals surface area (Å²) in [5.74, 6) is 0. The average Bonchev–Trinajstić information content (AvgIpc) is 1.65. The first-order valence-electron chi connectivity index (χ1n) is 2.37. The van der Waals surface area contributed by atoms with Gasteiger partial charge < -0.3 is 0 Å². The third-order valence-corrected chi connectivity index (χ3v) is 1.04. The van der Waals surface area contributed by atoms with E-state index in [1.54, 1.807) is 6.08 Å². The van der Waals surface area contributed by atoms with Gasteiger partial charge in [-0.2, -0.15) is 5.57 Å². The minimum Gasteiger partial charge on any atom is -0.293 e. The Bertz CT molecular complexity index is 97.0. The van der Waals surface area contributed by atoms with Crippen molar-refractivity contribution in [2.24, 2.45) is 0 Å². The van der Waals surface area contributed by atoms with Crippen LogP contribution in [0.3, 0.4) is 0 Å². The van der Waals surface area contributed by atoms with Gasteiger partial charge in [0.15, 0.2) is 0 Å². The van der Waals surface area contributed by atoms with E-state index in [2.05, 4.69) is 0 Å². The van der Waals surface area contributed by atoms with Gasteiger partial charge in [0.1, 0.15) is 0 Å². The molecule has 0 aliphatic rings.